The minimum atomic E-state index is 0.0486. The van der Waals surface area contributed by atoms with Crippen molar-refractivity contribution in [3.63, 3.8) is 0 Å². The molecule has 0 atom stereocenters. The summed E-state index contributed by atoms with van der Waals surface area (Å²) in [5.74, 6) is 0.872. The van der Waals surface area contributed by atoms with Crippen LogP contribution in [-0.4, -0.2) is 26.1 Å². The third-order valence-corrected chi connectivity index (χ3v) is 3.97. The standard InChI is InChI=1S/C18H20N2O2/c1-22-16-8-6-14(7-9-16)12-19-18(21)13-20-11-10-15-4-2-3-5-17(15)20/h2-9H,10-13H2,1H3,(H,19,21). The molecule has 1 aliphatic rings. The highest BCUT2D eigenvalue weighted by molar-refractivity contribution is 5.82. The number of rotatable bonds is 5. The highest BCUT2D eigenvalue weighted by Crippen LogP contribution is 2.26. The predicted octanol–water partition coefficient (Wildman–Crippen LogP) is 2.37. The normalized spacial score (nSPS) is 12.9. The number of hydrogen-bond acceptors (Lipinski definition) is 3. The first-order valence-corrected chi connectivity index (χ1v) is 7.49. The quantitative estimate of drug-likeness (QED) is 0.921. The van der Waals surface area contributed by atoms with Gasteiger partial charge in [0.15, 0.2) is 0 Å². The molecule has 0 unspecified atom stereocenters. The highest BCUT2D eigenvalue weighted by Gasteiger charge is 2.20. The topological polar surface area (TPSA) is 41.6 Å². The largest absolute Gasteiger partial charge is 0.497 e. The van der Waals surface area contributed by atoms with E-state index in [2.05, 4.69) is 22.3 Å². The molecule has 0 saturated carbocycles. The maximum atomic E-state index is 12.1. The van der Waals surface area contributed by atoms with Crippen molar-refractivity contribution in [2.45, 2.75) is 13.0 Å². The fraction of sp³-hybridized carbons (Fsp3) is 0.278. The van der Waals surface area contributed by atoms with Gasteiger partial charge in [-0.2, -0.15) is 0 Å². The second-order valence-electron chi connectivity index (χ2n) is 5.43. The summed E-state index contributed by atoms with van der Waals surface area (Å²) >= 11 is 0. The van der Waals surface area contributed by atoms with Crippen molar-refractivity contribution < 1.29 is 9.53 Å². The molecule has 4 heteroatoms. The van der Waals surface area contributed by atoms with Crippen molar-refractivity contribution in [1.29, 1.82) is 0 Å². The van der Waals surface area contributed by atoms with E-state index in [4.69, 9.17) is 4.74 Å². The van der Waals surface area contributed by atoms with E-state index in [-0.39, 0.29) is 5.91 Å². The van der Waals surface area contributed by atoms with Crippen LogP contribution in [-0.2, 0) is 17.8 Å². The van der Waals surface area contributed by atoms with Gasteiger partial charge in [0.05, 0.1) is 13.7 Å². The molecule has 3 rings (SSSR count). The lowest BCUT2D eigenvalue weighted by Gasteiger charge is -2.18. The Bertz CT molecular complexity index is 652. The Morgan fingerprint density at radius 3 is 2.73 bits per heavy atom. The molecule has 1 N–H and O–H groups in total. The van der Waals surface area contributed by atoms with Crippen molar-refractivity contribution in [2.75, 3.05) is 25.1 Å². The summed E-state index contributed by atoms with van der Waals surface area (Å²) in [6.45, 7) is 1.86. The van der Waals surface area contributed by atoms with Crippen molar-refractivity contribution in [1.82, 2.24) is 5.32 Å². The third-order valence-electron chi connectivity index (χ3n) is 3.97. The first-order valence-electron chi connectivity index (χ1n) is 7.49. The molecule has 4 nitrogen and oxygen atoms in total. The minimum Gasteiger partial charge on any atom is -0.497 e. The fourth-order valence-corrected chi connectivity index (χ4v) is 2.74. The number of amides is 1. The van der Waals surface area contributed by atoms with Crippen LogP contribution >= 0.6 is 0 Å². The molecule has 0 aliphatic carbocycles. The predicted molar refractivity (Wildman–Crippen MR) is 87.2 cm³/mol. The Kier molecular flexibility index (Phi) is 4.28. The van der Waals surface area contributed by atoms with Crippen LogP contribution in [0.15, 0.2) is 48.5 Å². The average Bonchev–Trinajstić information content (AvgIpc) is 2.97. The molecule has 0 bridgehead atoms. The van der Waals surface area contributed by atoms with Crippen LogP contribution in [0.3, 0.4) is 0 Å². The van der Waals surface area contributed by atoms with Gasteiger partial charge in [-0.3, -0.25) is 4.79 Å². The molecular formula is C18H20N2O2. The van der Waals surface area contributed by atoms with Crippen molar-refractivity contribution in [2.24, 2.45) is 0 Å². The number of benzene rings is 2. The second kappa shape index (κ2) is 6.52. The molecule has 0 fully saturated rings. The molecule has 1 heterocycles. The van der Waals surface area contributed by atoms with E-state index in [9.17, 15) is 4.79 Å². The number of hydrogen-bond donors (Lipinski definition) is 1. The summed E-state index contributed by atoms with van der Waals surface area (Å²) in [5, 5.41) is 2.97. The fourth-order valence-electron chi connectivity index (χ4n) is 2.74. The molecule has 2 aromatic carbocycles. The van der Waals surface area contributed by atoms with E-state index >= 15 is 0 Å². The first-order chi connectivity index (χ1) is 10.8. The Hall–Kier alpha value is -2.49. The van der Waals surface area contributed by atoms with Crippen LogP contribution in [0.25, 0.3) is 0 Å². The SMILES string of the molecule is COc1ccc(CNC(=O)CN2CCc3ccccc32)cc1. The smallest absolute Gasteiger partial charge is 0.239 e. The number of ether oxygens (including phenoxy) is 1. The molecule has 114 valence electrons. The van der Waals surface area contributed by atoms with E-state index < -0.39 is 0 Å². The molecule has 2 aromatic rings. The van der Waals surface area contributed by atoms with E-state index in [1.54, 1.807) is 7.11 Å². The van der Waals surface area contributed by atoms with Crippen LogP contribution in [0.2, 0.25) is 0 Å². The Morgan fingerprint density at radius 1 is 1.18 bits per heavy atom. The second-order valence-corrected chi connectivity index (χ2v) is 5.43. The van der Waals surface area contributed by atoms with E-state index in [1.165, 1.54) is 11.3 Å². The number of para-hydroxylation sites is 1. The van der Waals surface area contributed by atoms with Gasteiger partial charge in [-0.15, -0.1) is 0 Å². The van der Waals surface area contributed by atoms with E-state index in [1.807, 2.05) is 36.4 Å². The molecule has 0 aromatic heterocycles. The molecule has 0 saturated heterocycles. The zero-order valence-electron chi connectivity index (χ0n) is 12.7. The average molecular weight is 296 g/mol. The van der Waals surface area contributed by atoms with E-state index in [0.29, 0.717) is 13.1 Å². The van der Waals surface area contributed by atoms with Crippen LogP contribution in [0, 0.1) is 0 Å². The Morgan fingerprint density at radius 2 is 1.95 bits per heavy atom. The van der Waals surface area contributed by atoms with Crippen molar-refractivity contribution in [3.8, 4) is 5.75 Å². The third kappa shape index (κ3) is 3.22. The molecule has 1 aliphatic heterocycles. The van der Waals surface area contributed by atoms with Crippen LogP contribution in [0.4, 0.5) is 5.69 Å². The number of nitrogens with one attached hydrogen (secondary N) is 1. The summed E-state index contributed by atoms with van der Waals surface area (Å²) in [7, 11) is 1.64. The summed E-state index contributed by atoms with van der Waals surface area (Å²) in [5.41, 5.74) is 3.57. The lowest BCUT2D eigenvalue weighted by molar-refractivity contribution is -0.119. The van der Waals surface area contributed by atoms with Crippen LogP contribution in [0.5, 0.6) is 5.75 Å². The number of nitrogens with zero attached hydrogens (tertiary/aromatic N) is 1. The Labute approximate surface area is 130 Å². The molecule has 22 heavy (non-hydrogen) atoms. The van der Waals surface area contributed by atoms with Gasteiger partial charge in [0.2, 0.25) is 5.91 Å². The van der Waals surface area contributed by atoms with Gasteiger partial charge in [0.1, 0.15) is 5.75 Å². The van der Waals surface area contributed by atoms with Crippen molar-refractivity contribution in [3.05, 3.63) is 59.7 Å². The molecular weight excluding hydrogens is 276 g/mol. The van der Waals surface area contributed by atoms with Crippen LogP contribution < -0.4 is 15.0 Å². The van der Waals surface area contributed by atoms with E-state index in [0.717, 1.165) is 24.3 Å². The number of fused-ring (bicyclic) bond motifs is 1. The zero-order chi connectivity index (χ0) is 15.4. The molecule has 0 spiro atoms. The van der Waals surface area contributed by atoms with Gasteiger partial charge in [-0.05, 0) is 35.7 Å². The number of carbonyl (C=O) groups is 1. The zero-order valence-corrected chi connectivity index (χ0v) is 12.7. The van der Waals surface area contributed by atoms with Gasteiger partial charge in [-0.1, -0.05) is 30.3 Å². The maximum absolute atomic E-state index is 12.1. The van der Waals surface area contributed by atoms with Gasteiger partial charge >= 0.3 is 0 Å². The van der Waals surface area contributed by atoms with Crippen molar-refractivity contribution >= 4 is 11.6 Å². The highest BCUT2D eigenvalue weighted by atomic mass is 16.5. The summed E-state index contributed by atoms with van der Waals surface area (Å²) in [4.78, 5) is 14.3. The molecule has 0 radical (unpaired) electrons. The van der Waals surface area contributed by atoms with Gasteiger partial charge in [0, 0.05) is 18.8 Å². The minimum absolute atomic E-state index is 0.0486. The summed E-state index contributed by atoms with van der Waals surface area (Å²) in [6.07, 6.45) is 1.02. The Balaban J connectivity index is 1.53. The lowest BCUT2D eigenvalue weighted by atomic mass is 10.2. The molecule has 1 amide bonds. The summed E-state index contributed by atoms with van der Waals surface area (Å²) < 4.78 is 5.12. The van der Waals surface area contributed by atoms with Gasteiger partial charge in [0.25, 0.3) is 0 Å². The number of anilines is 1. The number of methoxy groups -OCH3 is 1. The number of carbonyl (C=O) groups excluding carboxylic acids is 1. The van der Waals surface area contributed by atoms with Gasteiger partial charge < -0.3 is 15.0 Å². The van der Waals surface area contributed by atoms with Gasteiger partial charge in [-0.25, -0.2) is 0 Å². The first kappa shape index (κ1) is 14.4. The maximum Gasteiger partial charge on any atom is 0.239 e. The monoisotopic (exact) mass is 296 g/mol. The summed E-state index contributed by atoms with van der Waals surface area (Å²) in [6, 6.07) is 16.0. The lowest BCUT2D eigenvalue weighted by Crippen LogP contribution is -2.36. The van der Waals surface area contributed by atoms with Crippen LogP contribution in [0.1, 0.15) is 11.1 Å².